The molecule has 5 aromatic rings. The van der Waals surface area contributed by atoms with E-state index in [1.165, 1.54) is 0 Å². The Kier molecular flexibility index (Phi) is 3.84. The second kappa shape index (κ2) is 6.50. The highest BCUT2D eigenvalue weighted by Gasteiger charge is 2.14. The zero-order chi connectivity index (χ0) is 19.1. The first kappa shape index (κ1) is 16.5. The largest absolute Gasteiger partial charge is 0.335 e. The molecule has 0 unspecified atom stereocenters. The highest BCUT2D eigenvalue weighted by Crippen LogP contribution is 2.28. The van der Waals surface area contributed by atoms with Crippen molar-refractivity contribution in [3.63, 3.8) is 0 Å². The Morgan fingerprint density at radius 3 is 2.79 bits per heavy atom. The number of nitrogens with one attached hydrogen (secondary N) is 2. The molecule has 0 fully saturated rings. The van der Waals surface area contributed by atoms with Gasteiger partial charge in [0.2, 0.25) is 0 Å². The van der Waals surface area contributed by atoms with Crippen LogP contribution in [0.1, 0.15) is 5.56 Å². The van der Waals surface area contributed by atoms with Crippen LogP contribution < -0.4 is 0 Å². The monoisotopic (exact) mass is 370 g/mol. The second-order valence-corrected chi connectivity index (χ2v) is 6.99. The van der Waals surface area contributed by atoms with Crippen LogP contribution in [0, 0.1) is 0 Å². The average molecular weight is 370 g/mol. The van der Waals surface area contributed by atoms with E-state index in [4.69, 9.17) is 0 Å². The van der Waals surface area contributed by atoms with Crippen molar-refractivity contribution in [1.82, 2.24) is 40.0 Å². The van der Waals surface area contributed by atoms with Crippen LogP contribution >= 0.6 is 0 Å². The summed E-state index contributed by atoms with van der Waals surface area (Å²) in [6, 6.07) is 6.02. The topological polar surface area (TPSA) is 99.3 Å². The van der Waals surface area contributed by atoms with Crippen molar-refractivity contribution in [2.24, 2.45) is 0 Å². The van der Waals surface area contributed by atoms with Crippen molar-refractivity contribution in [3.8, 4) is 22.8 Å². The van der Waals surface area contributed by atoms with Gasteiger partial charge < -0.3 is 9.88 Å². The first-order chi connectivity index (χ1) is 13.7. The number of pyridine rings is 3. The quantitative estimate of drug-likeness (QED) is 0.504. The summed E-state index contributed by atoms with van der Waals surface area (Å²) in [4.78, 5) is 23.1. The number of imidazole rings is 1. The van der Waals surface area contributed by atoms with E-state index in [2.05, 4.69) is 46.1 Å². The number of aromatic amines is 2. The average Bonchev–Trinajstić information content (AvgIpc) is 3.30. The molecule has 0 bridgehead atoms. The van der Waals surface area contributed by atoms with Crippen LogP contribution in [0.25, 0.3) is 44.7 Å². The Morgan fingerprint density at radius 2 is 1.93 bits per heavy atom. The Labute approximate surface area is 160 Å². The lowest BCUT2D eigenvalue weighted by atomic mass is 10.1. The zero-order valence-electron chi connectivity index (χ0n) is 15.5. The van der Waals surface area contributed by atoms with E-state index in [-0.39, 0.29) is 0 Å². The third-order valence-corrected chi connectivity index (χ3v) is 4.54. The van der Waals surface area contributed by atoms with Crippen LogP contribution in [-0.4, -0.2) is 54.1 Å². The third-order valence-electron chi connectivity index (χ3n) is 4.54. The molecular weight excluding hydrogens is 352 g/mol. The summed E-state index contributed by atoms with van der Waals surface area (Å²) in [7, 11) is 4.08. The molecule has 0 aliphatic heterocycles. The Hall–Kier alpha value is -3.65. The smallest absolute Gasteiger partial charge is 0.159 e. The van der Waals surface area contributed by atoms with E-state index in [0.29, 0.717) is 5.82 Å². The second-order valence-electron chi connectivity index (χ2n) is 6.99. The summed E-state index contributed by atoms with van der Waals surface area (Å²) in [5.74, 6) is 0.700. The predicted octanol–water partition coefficient (Wildman–Crippen LogP) is 3.02. The molecule has 0 radical (unpaired) electrons. The van der Waals surface area contributed by atoms with Crippen LogP contribution in [0.2, 0.25) is 0 Å². The van der Waals surface area contributed by atoms with Gasteiger partial charge in [0.25, 0.3) is 0 Å². The number of hydrogen-bond acceptors (Lipinski definition) is 6. The number of nitrogens with zero attached hydrogens (tertiary/aromatic N) is 6. The molecule has 0 saturated carbocycles. The molecule has 0 aromatic carbocycles. The highest BCUT2D eigenvalue weighted by atomic mass is 15.1. The van der Waals surface area contributed by atoms with Gasteiger partial charge in [-0.15, -0.1) is 0 Å². The van der Waals surface area contributed by atoms with Crippen LogP contribution in [0.15, 0.2) is 49.2 Å². The SMILES string of the molecule is CN(C)Cc1cncc(-c2cc3c(-c4nc5ccncc5[nH]4)n[nH]c3cn2)c1. The minimum Gasteiger partial charge on any atom is -0.335 e. The number of rotatable bonds is 4. The number of hydrogen-bond donors (Lipinski definition) is 2. The van der Waals surface area contributed by atoms with Gasteiger partial charge >= 0.3 is 0 Å². The van der Waals surface area contributed by atoms with E-state index < -0.39 is 0 Å². The maximum Gasteiger partial charge on any atom is 0.159 e. The number of H-pyrrole nitrogens is 2. The summed E-state index contributed by atoms with van der Waals surface area (Å²) < 4.78 is 0. The van der Waals surface area contributed by atoms with Crippen molar-refractivity contribution < 1.29 is 0 Å². The van der Waals surface area contributed by atoms with Gasteiger partial charge in [-0.05, 0) is 37.9 Å². The van der Waals surface area contributed by atoms with Crippen LogP contribution in [0.4, 0.5) is 0 Å². The van der Waals surface area contributed by atoms with Gasteiger partial charge in [-0.25, -0.2) is 4.98 Å². The van der Waals surface area contributed by atoms with Gasteiger partial charge in [0.05, 0.1) is 34.6 Å². The van der Waals surface area contributed by atoms with Gasteiger partial charge in [-0.3, -0.25) is 20.1 Å². The maximum atomic E-state index is 4.64. The predicted molar refractivity (Wildman–Crippen MR) is 107 cm³/mol. The molecule has 8 heteroatoms. The van der Waals surface area contributed by atoms with Crippen LogP contribution in [0.5, 0.6) is 0 Å². The molecule has 2 N–H and O–H groups in total. The molecule has 0 saturated heterocycles. The van der Waals surface area contributed by atoms with Crippen LogP contribution in [0.3, 0.4) is 0 Å². The molecule has 0 amide bonds. The number of aromatic nitrogens is 7. The van der Waals surface area contributed by atoms with Gasteiger partial charge in [-0.2, -0.15) is 5.10 Å². The number of fused-ring (bicyclic) bond motifs is 2. The van der Waals surface area contributed by atoms with Crippen LogP contribution in [-0.2, 0) is 6.54 Å². The van der Waals surface area contributed by atoms with Crippen molar-refractivity contribution in [2.45, 2.75) is 6.54 Å². The van der Waals surface area contributed by atoms with Crippen molar-refractivity contribution >= 4 is 21.9 Å². The van der Waals surface area contributed by atoms with E-state index >= 15 is 0 Å². The molecule has 5 rings (SSSR count). The van der Waals surface area contributed by atoms with Gasteiger partial charge in [0.15, 0.2) is 5.82 Å². The lowest BCUT2D eigenvalue weighted by Gasteiger charge is -2.10. The summed E-state index contributed by atoms with van der Waals surface area (Å²) in [6.45, 7) is 0.826. The third kappa shape index (κ3) is 2.89. The molecule has 138 valence electrons. The van der Waals surface area contributed by atoms with E-state index in [1.807, 2.05) is 38.6 Å². The lowest BCUT2D eigenvalue weighted by molar-refractivity contribution is 0.402. The summed E-state index contributed by atoms with van der Waals surface area (Å²) >= 11 is 0. The minimum atomic E-state index is 0.700. The van der Waals surface area contributed by atoms with Crippen molar-refractivity contribution in [1.29, 1.82) is 0 Å². The minimum absolute atomic E-state index is 0.700. The van der Waals surface area contributed by atoms with Gasteiger partial charge in [0.1, 0.15) is 5.69 Å². The molecule has 0 atom stereocenters. The van der Waals surface area contributed by atoms with Gasteiger partial charge in [-0.1, -0.05) is 0 Å². The van der Waals surface area contributed by atoms with Gasteiger partial charge in [0, 0.05) is 36.1 Å². The van der Waals surface area contributed by atoms with E-state index in [9.17, 15) is 0 Å². The molecule has 0 aliphatic rings. The standard InChI is InChI=1S/C20H18N8/c1-28(2)11-12-5-13(8-22-7-12)16-6-14-17(10-23-16)26-27-19(14)20-24-15-3-4-21-9-18(15)25-20/h3-10H,11H2,1-2H3,(H,24,25)(H,26,27). The Morgan fingerprint density at radius 1 is 1.00 bits per heavy atom. The molecule has 5 aromatic heterocycles. The van der Waals surface area contributed by atoms with E-state index in [1.54, 1.807) is 18.6 Å². The fourth-order valence-electron chi connectivity index (χ4n) is 3.30. The zero-order valence-corrected chi connectivity index (χ0v) is 15.5. The molecule has 0 aliphatic carbocycles. The highest BCUT2D eigenvalue weighted by molar-refractivity contribution is 5.94. The Bertz CT molecular complexity index is 1250. The fourth-order valence-corrected chi connectivity index (χ4v) is 3.30. The molecule has 8 nitrogen and oxygen atoms in total. The normalized spacial score (nSPS) is 11.7. The summed E-state index contributed by atoms with van der Waals surface area (Å²) in [5.41, 5.74) is 6.31. The lowest BCUT2D eigenvalue weighted by Crippen LogP contribution is -2.10. The fraction of sp³-hybridized carbons (Fsp3) is 0.150. The summed E-state index contributed by atoms with van der Waals surface area (Å²) in [6.07, 6.45) is 9.00. The maximum absolute atomic E-state index is 4.64. The van der Waals surface area contributed by atoms with Crippen molar-refractivity contribution in [2.75, 3.05) is 14.1 Å². The van der Waals surface area contributed by atoms with Crippen molar-refractivity contribution in [3.05, 3.63) is 54.7 Å². The molecule has 5 heterocycles. The molecule has 0 spiro atoms. The molecular formula is C20H18N8. The molecule has 28 heavy (non-hydrogen) atoms. The first-order valence-electron chi connectivity index (χ1n) is 8.90. The first-order valence-corrected chi connectivity index (χ1v) is 8.90. The van der Waals surface area contributed by atoms with E-state index in [0.717, 1.165) is 51.0 Å². The Balaban J connectivity index is 1.60. The summed E-state index contributed by atoms with van der Waals surface area (Å²) in [5, 5.41) is 8.44.